The number of alkyl halides is 3. The zero-order valence-electron chi connectivity index (χ0n) is 20.6. The van der Waals surface area contributed by atoms with Gasteiger partial charge in [-0.2, -0.15) is 0 Å². The van der Waals surface area contributed by atoms with Gasteiger partial charge in [-0.25, -0.2) is 8.42 Å². The third kappa shape index (κ3) is 6.73. The Balaban J connectivity index is 1.99. The largest absolute Gasteiger partial charge is 0.573 e. The molecule has 3 aromatic rings. The number of aromatic hydroxyl groups is 1. The average Bonchev–Trinajstić information content (AvgIpc) is 2.87. The number of anilines is 1. The Hall–Kier alpha value is -4.26. The molecule has 0 radical (unpaired) electrons. The molecule has 0 amide bonds. The number of nitrogens with one attached hydrogen (secondary N) is 1. The van der Waals surface area contributed by atoms with Crippen molar-refractivity contribution in [2.45, 2.75) is 11.3 Å². The lowest BCUT2D eigenvalue weighted by molar-refractivity contribution is -0.274. The molecule has 0 spiro atoms. The highest BCUT2D eigenvalue weighted by atomic mass is 32.2. The smallest absolute Gasteiger partial charge is 0.504 e. The summed E-state index contributed by atoms with van der Waals surface area (Å²) in [6.07, 6.45) is -1.77. The minimum atomic E-state index is -4.92. The minimum absolute atomic E-state index is 0.0124. The predicted molar refractivity (Wildman–Crippen MR) is 134 cm³/mol. The number of phenols is 1. The van der Waals surface area contributed by atoms with Crippen molar-refractivity contribution < 1.29 is 50.4 Å². The van der Waals surface area contributed by atoms with Gasteiger partial charge in [0.1, 0.15) is 5.75 Å². The summed E-state index contributed by atoms with van der Waals surface area (Å²) in [4.78, 5) is -0.321. The van der Waals surface area contributed by atoms with Crippen LogP contribution < -0.4 is 28.4 Å². The Labute approximate surface area is 217 Å². The second kappa shape index (κ2) is 11.4. The zero-order valence-corrected chi connectivity index (χ0v) is 21.4. The van der Waals surface area contributed by atoms with E-state index in [-0.39, 0.29) is 27.6 Å². The summed E-state index contributed by atoms with van der Waals surface area (Å²) in [5.74, 6) is 0.326. The van der Waals surface area contributed by atoms with Gasteiger partial charge >= 0.3 is 6.36 Å². The molecule has 0 aliphatic heterocycles. The lowest BCUT2D eigenvalue weighted by atomic mass is 10.1. The van der Waals surface area contributed by atoms with E-state index in [1.165, 1.54) is 46.6 Å². The first-order valence-corrected chi connectivity index (χ1v) is 12.2. The van der Waals surface area contributed by atoms with Gasteiger partial charge in [0.2, 0.25) is 5.75 Å². The van der Waals surface area contributed by atoms with E-state index in [9.17, 15) is 26.7 Å². The third-order valence-corrected chi connectivity index (χ3v) is 6.49. The summed E-state index contributed by atoms with van der Waals surface area (Å²) in [6.45, 7) is 0. The Bertz CT molecular complexity index is 1400. The van der Waals surface area contributed by atoms with Gasteiger partial charge in [-0.1, -0.05) is 12.2 Å². The first-order valence-electron chi connectivity index (χ1n) is 10.7. The molecule has 0 bridgehead atoms. The Kier molecular flexibility index (Phi) is 8.51. The van der Waals surface area contributed by atoms with E-state index in [4.69, 9.17) is 18.9 Å². The maximum absolute atomic E-state index is 13.0. The van der Waals surface area contributed by atoms with Crippen LogP contribution in [0.3, 0.4) is 0 Å². The lowest BCUT2D eigenvalue weighted by Gasteiger charge is -2.15. The van der Waals surface area contributed by atoms with Crippen LogP contribution in [0.25, 0.3) is 12.2 Å². The van der Waals surface area contributed by atoms with Crippen LogP contribution in [0.4, 0.5) is 18.9 Å². The number of hydrogen-bond acceptors (Lipinski definition) is 8. The molecule has 0 saturated heterocycles. The van der Waals surface area contributed by atoms with Crippen molar-refractivity contribution in [2.24, 2.45) is 0 Å². The Morgan fingerprint density at radius 2 is 1.39 bits per heavy atom. The van der Waals surface area contributed by atoms with Gasteiger partial charge < -0.3 is 28.8 Å². The van der Waals surface area contributed by atoms with Gasteiger partial charge in [0, 0.05) is 11.6 Å². The fourth-order valence-corrected chi connectivity index (χ4v) is 4.46. The third-order valence-electron chi connectivity index (χ3n) is 5.11. The molecule has 0 atom stereocenters. The van der Waals surface area contributed by atoms with E-state index in [1.807, 2.05) is 0 Å². The van der Waals surface area contributed by atoms with Crippen molar-refractivity contribution in [2.75, 3.05) is 33.2 Å². The Morgan fingerprint density at radius 1 is 0.816 bits per heavy atom. The number of hydrogen-bond donors (Lipinski definition) is 2. The van der Waals surface area contributed by atoms with Crippen LogP contribution in [0.5, 0.6) is 34.5 Å². The van der Waals surface area contributed by atoms with Crippen LogP contribution >= 0.6 is 0 Å². The summed E-state index contributed by atoms with van der Waals surface area (Å²) in [5.41, 5.74) is 0.875. The molecular weight excluding hydrogens is 531 g/mol. The summed E-state index contributed by atoms with van der Waals surface area (Å²) >= 11 is 0. The van der Waals surface area contributed by atoms with Crippen LogP contribution in [0.15, 0.2) is 53.4 Å². The highest BCUT2D eigenvalue weighted by molar-refractivity contribution is 7.92. The van der Waals surface area contributed by atoms with Crippen molar-refractivity contribution in [3.8, 4) is 34.5 Å². The van der Waals surface area contributed by atoms with E-state index in [2.05, 4.69) is 9.46 Å². The van der Waals surface area contributed by atoms with Crippen LogP contribution in [0.2, 0.25) is 0 Å². The van der Waals surface area contributed by atoms with Crippen LogP contribution in [-0.2, 0) is 10.0 Å². The number of benzene rings is 3. The molecular formula is C25H24F3NO8S. The number of sulfonamides is 1. The number of phenolic OH excluding ortho intramolecular Hbond substituents is 1. The maximum Gasteiger partial charge on any atom is 0.573 e. The fraction of sp³-hybridized carbons (Fsp3) is 0.200. The molecule has 0 heterocycles. The van der Waals surface area contributed by atoms with Crippen molar-refractivity contribution in [1.82, 2.24) is 0 Å². The topological polar surface area (TPSA) is 113 Å². The molecule has 0 fully saturated rings. The van der Waals surface area contributed by atoms with Gasteiger partial charge in [-0.3, -0.25) is 4.72 Å². The molecule has 0 aromatic heterocycles. The molecule has 0 unspecified atom stereocenters. The molecule has 0 aliphatic carbocycles. The fourth-order valence-electron chi connectivity index (χ4n) is 3.38. The molecule has 0 aliphatic rings. The summed E-state index contributed by atoms with van der Waals surface area (Å²) in [6, 6.07) is 9.56. The SMILES string of the molecule is COc1cc(NS(=O)(=O)c2ccc(OC(F)(F)F)cc2)c(/C=C\c2cc(OC)c(OC)c(OC)c2)cc1O. The van der Waals surface area contributed by atoms with Gasteiger partial charge in [-0.05, 0) is 48.0 Å². The quantitative estimate of drug-likeness (QED) is 0.256. The zero-order chi connectivity index (χ0) is 28.1. The van der Waals surface area contributed by atoms with E-state index < -0.39 is 22.1 Å². The average molecular weight is 556 g/mol. The standard InChI is InChI=1S/C25H24F3NO8S/c1-33-21-14-19(29-38(31,32)18-9-7-17(8-10-18)37-25(26,27)28)16(13-20(21)30)6-5-15-11-22(34-2)24(36-4)23(12-15)35-3/h5-14,29-30H,1-4H3/b6-5-. The molecule has 9 nitrogen and oxygen atoms in total. The molecule has 38 heavy (non-hydrogen) atoms. The number of halogens is 3. The minimum Gasteiger partial charge on any atom is -0.504 e. The van der Waals surface area contributed by atoms with Crippen molar-refractivity contribution in [3.63, 3.8) is 0 Å². The van der Waals surface area contributed by atoms with Crippen molar-refractivity contribution in [1.29, 1.82) is 0 Å². The van der Waals surface area contributed by atoms with Gasteiger partial charge in [0.05, 0.1) is 39.0 Å². The van der Waals surface area contributed by atoms with Crippen molar-refractivity contribution >= 4 is 27.9 Å². The van der Waals surface area contributed by atoms with E-state index in [1.54, 1.807) is 18.2 Å². The molecule has 204 valence electrons. The van der Waals surface area contributed by atoms with E-state index in [0.29, 0.717) is 22.8 Å². The predicted octanol–water partition coefficient (Wildman–Crippen LogP) is 5.30. The van der Waals surface area contributed by atoms with Crippen LogP contribution in [0.1, 0.15) is 11.1 Å². The Morgan fingerprint density at radius 3 is 1.89 bits per heavy atom. The van der Waals surface area contributed by atoms with Gasteiger partial charge in [-0.15, -0.1) is 13.2 Å². The highest BCUT2D eigenvalue weighted by Gasteiger charge is 2.31. The highest BCUT2D eigenvalue weighted by Crippen LogP contribution is 2.39. The maximum atomic E-state index is 13.0. The normalized spacial score (nSPS) is 11.8. The van der Waals surface area contributed by atoms with E-state index >= 15 is 0 Å². The second-order valence-electron chi connectivity index (χ2n) is 7.53. The molecule has 3 aromatic carbocycles. The summed E-state index contributed by atoms with van der Waals surface area (Å²) in [7, 11) is 1.41. The second-order valence-corrected chi connectivity index (χ2v) is 9.21. The monoisotopic (exact) mass is 555 g/mol. The van der Waals surface area contributed by atoms with Gasteiger partial charge in [0.25, 0.3) is 10.0 Å². The summed E-state index contributed by atoms with van der Waals surface area (Å²) < 4.78 is 90.5. The van der Waals surface area contributed by atoms with Crippen LogP contribution in [-0.4, -0.2) is 48.3 Å². The van der Waals surface area contributed by atoms with Crippen molar-refractivity contribution in [3.05, 3.63) is 59.7 Å². The lowest BCUT2D eigenvalue weighted by Crippen LogP contribution is -2.17. The number of rotatable bonds is 10. The first-order chi connectivity index (χ1) is 17.9. The molecule has 0 saturated carbocycles. The summed E-state index contributed by atoms with van der Waals surface area (Å²) in [5, 5.41) is 10.3. The molecule has 3 rings (SSSR count). The molecule has 2 N–H and O–H groups in total. The van der Waals surface area contributed by atoms with E-state index in [0.717, 1.165) is 24.3 Å². The van der Waals surface area contributed by atoms with Gasteiger partial charge in [0.15, 0.2) is 23.0 Å². The number of ether oxygens (including phenoxy) is 5. The first kappa shape index (κ1) is 28.3. The van der Waals surface area contributed by atoms with Crippen LogP contribution in [0, 0.1) is 0 Å². The number of methoxy groups -OCH3 is 4. The molecule has 13 heteroatoms.